The van der Waals surface area contributed by atoms with Crippen molar-refractivity contribution in [3.63, 3.8) is 0 Å². The Morgan fingerprint density at radius 1 is 1.37 bits per heavy atom. The highest BCUT2D eigenvalue weighted by Gasteiger charge is 2.20. The molecule has 1 aromatic carbocycles. The number of aromatic nitrogens is 2. The number of aromatic amines is 1. The number of ether oxygens (including phenoxy) is 3. The van der Waals surface area contributed by atoms with Gasteiger partial charge in [0.1, 0.15) is 19.0 Å². The second-order valence-electron chi connectivity index (χ2n) is 4.26. The molecule has 100 valence electrons. The van der Waals surface area contributed by atoms with Crippen LogP contribution in [0.3, 0.4) is 0 Å². The Morgan fingerprint density at radius 3 is 2.95 bits per heavy atom. The molecule has 0 spiro atoms. The van der Waals surface area contributed by atoms with E-state index in [-0.39, 0.29) is 0 Å². The van der Waals surface area contributed by atoms with Crippen molar-refractivity contribution in [2.75, 3.05) is 26.1 Å². The standard InChI is InChI=1S/C13H15N3O3/c1-17-7-9-8(10-6-12(14)16-15-10)2-3-11-13(9)19-5-4-18-11/h2-3,6H,4-5,7H2,1H3,(H3,14,15,16). The summed E-state index contributed by atoms with van der Waals surface area (Å²) in [5, 5.41) is 6.85. The summed E-state index contributed by atoms with van der Waals surface area (Å²) in [5.74, 6) is 1.93. The van der Waals surface area contributed by atoms with Gasteiger partial charge < -0.3 is 19.9 Å². The maximum Gasteiger partial charge on any atom is 0.167 e. The average molecular weight is 261 g/mol. The smallest absolute Gasteiger partial charge is 0.167 e. The van der Waals surface area contributed by atoms with Gasteiger partial charge in [-0.25, -0.2) is 0 Å². The monoisotopic (exact) mass is 261 g/mol. The molecule has 2 heterocycles. The van der Waals surface area contributed by atoms with Crippen LogP contribution in [0.1, 0.15) is 5.56 Å². The van der Waals surface area contributed by atoms with Gasteiger partial charge in [-0.05, 0) is 12.1 Å². The number of nitrogens with one attached hydrogen (secondary N) is 1. The lowest BCUT2D eigenvalue weighted by Crippen LogP contribution is -2.17. The van der Waals surface area contributed by atoms with Crippen LogP contribution >= 0.6 is 0 Å². The zero-order valence-corrected chi connectivity index (χ0v) is 10.6. The van der Waals surface area contributed by atoms with Gasteiger partial charge in [0, 0.05) is 24.3 Å². The van der Waals surface area contributed by atoms with Gasteiger partial charge in [-0.15, -0.1) is 0 Å². The van der Waals surface area contributed by atoms with Gasteiger partial charge in [-0.2, -0.15) is 5.10 Å². The van der Waals surface area contributed by atoms with Gasteiger partial charge in [0.05, 0.1) is 12.3 Å². The maximum absolute atomic E-state index is 5.71. The number of fused-ring (bicyclic) bond motifs is 1. The van der Waals surface area contributed by atoms with E-state index in [1.165, 1.54) is 0 Å². The first-order chi connectivity index (χ1) is 9.29. The number of rotatable bonds is 3. The average Bonchev–Trinajstić information content (AvgIpc) is 2.86. The Hall–Kier alpha value is -2.21. The molecule has 0 amide bonds. The highest BCUT2D eigenvalue weighted by Crippen LogP contribution is 2.40. The summed E-state index contributed by atoms with van der Waals surface area (Å²) in [4.78, 5) is 0. The van der Waals surface area contributed by atoms with Crippen molar-refractivity contribution < 1.29 is 14.2 Å². The fourth-order valence-electron chi connectivity index (χ4n) is 2.19. The van der Waals surface area contributed by atoms with Crippen LogP contribution in [0.2, 0.25) is 0 Å². The number of nitrogens with zero attached hydrogens (tertiary/aromatic N) is 1. The predicted molar refractivity (Wildman–Crippen MR) is 70.1 cm³/mol. The second-order valence-corrected chi connectivity index (χ2v) is 4.26. The summed E-state index contributed by atoms with van der Waals surface area (Å²) in [5.41, 5.74) is 8.37. The molecule has 1 aliphatic heterocycles. The normalized spacial score (nSPS) is 13.5. The Bertz CT molecular complexity index is 595. The van der Waals surface area contributed by atoms with E-state index in [1.54, 1.807) is 13.2 Å². The van der Waals surface area contributed by atoms with Crippen LogP contribution in [0.15, 0.2) is 18.2 Å². The van der Waals surface area contributed by atoms with Crippen LogP contribution in [0.25, 0.3) is 11.3 Å². The SMILES string of the molecule is COCc1c(-c2cc(N)n[nH]2)ccc2c1OCCO2. The van der Waals surface area contributed by atoms with Gasteiger partial charge in [0.15, 0.2) is 11.5 Å². The number of anilines is 1. The third-order valence-electron chi connectivity index (χ3n) is 2.99. The quantitative estimate of drug-likeness (QED) is 0.876. The first-order valence-electron chi connectivity index (χ1n) is 6.01. The van der Waals surface area contributed by atoms with E-state index in [9.17, 15) is 0 Å². The molecule has 3 rings (SSSR count). The summed E-state index contributed by atoms with van der Waals surface area (Å²) in [6, 6.07) is 5.62. The van der Waals surface area contributed by atoms with Gasteiger partial charge in [0.2, 0.25) is 0 Å². The van der Waals surface area contributed by atoms with Crippen LogP contribution in [0.4, 0.5) is 5.82 Å². The van der Waals surface area contributed by atoms with E-state index in [4.69, 9.17) is 19.9 Å². The summed E-state index contributed by atoms with van der Waals surface area (Å²) < 4.78 is 16.5. The molecule has 6 heteroatoms. The fourth-order valence-corrected chi connectivity index (χ4v) is 2.19. The van der Waals surface area contributed by atoms with Gasteiger partial charge in [0.25, 0.3) is 0 Å². The number of nitrogen functional groups attached to an aromatic ring is 1. The Morgan fingerprint density at radius 2 is 2.21 bits per heavy atom. The topological polar surface area (TPSA) is 82.4 Å². The largest absolute Gasteiger partial charge is 0.486 e. The molecule has 2 aromatic rings. The minimum Gasteiger partial charge on any atom is -0.486 e. The number of nitrogens with two attached hydrogens (primary N) is 1. The van der Waals surface area contributed by atoms with Crippen molar-refractivity contribution in [1.29, 1.82) is 0 Å². The predicted octanol–water partition coefficient (Wildman–Crippen LogP) is 1.58. The second kappa shape index (κ2) is 4.81. The lowest BCUT2D eigenvalue weighted by Gasteiger charge is -2.22. The van der Waals surface area contributed by atoms with Crippen LogP contribution in [0.5, 0.6) is 11.5 Å². The fraction of sp³-hybridized carbons (Fsp3) is 0.308. The lowest BCUT2D eigenvalue weighted by atomic mass is 10.0. The van der Waals surface area contributed by atoms with Gasteiger partial charge in [-0.3, -0.25) is 5.10 Å². The molecule has 0 bridgehead atoms. The minimum atomic E-state index is 0.431. The molecular weight excluding hydrogens is 246 g/mol. The Balaban J connectivity index is 2.13. The minimum absolute atomic E-state index is 0.431. The van der Waals surface area contributed by atoms with Gasteiger partial charge in [-0.1, -0.05) is 0 Å². The number of hydrogen-bond acceptors (Lipinski definition) is 5. The highest BCUT2D eigenvalue weighted by molar-refractivity contribution is 5.71. The third kappa shape index (κ3) is 2.10. The first kappa shape index (κ1) is 11.9. The van der Waals surface area contributed by atoms with Crippen molar-refractivity contribution >= 4 is 5.82 Å². The molecule has 0 fully saturated rings. The van der Waals surface area contributed by atoms with Crippen molar-refractivity contribution in [1.82, 2.24) is 10.2 Å². The van der Waals surface area contributed by atoms with Crippen molar-refractivity contribution in [2.45, 2.75) is 6.61 Å². The molecule has 0 atom stereocenters. The zero-order chi connectivity index (χ0) is 13.2. The molecule has 3 N–H and O–H groups in total. The van der Waals surface area contributed by atoms with Gasteiger partial charge >= 0.3 is 0 Å². The maximum atomic E-state index is 5.71. The Kier molecular flexibility index (Phi) is 3.00. The molecule has 19 heavy (non-hydrogen) atoms. The van der Waals surface area contributed by atoms with Crippen LogP contribution in [-0.2, 0) is 11.3 Å². The number of methoxy groups -OCH3 is 1. The molecule has 0 aliphatic carbocycles. The molecule has 6 nitrogen and oxygen atoms in total. The third-order valence-corrected chi connectivity index (χ3v) is 2.99. The molecule has 0 saturated heterocycles. The van der Waals surface area contributed by atoms with Crippen LogP contribution < -0.4 is 15.2 Å². The summed E-state index contributed by atoms with van der Waals surface area (Å²) >= 11 is 0. The van der Waals surface area contributed by atoms with E-state index < -0.39 is 0 Å². The Labute approximate surface area is 110 Å². The molecule has 1 aliphatic rings. The molecule has 0 radical (unpaired) electrons. The molecule has 0 unspecified atom stereocenters. The number of hydrogen-bond donors (Lipinski definition) is 2. The van der Waals surface area contributed by atoms with E-state index in [2.05, 4.69) is 10.2 Å². The number of H-pyrrole nitrogens is 1. The van der Waals surface area contributed by atoms with E-state index >= 15 is 0 Å². The molecular formula is C13H15N3O3. The van der Waals surface area contributed by atoms with Crippen molar-refractivity contribution in [3.8, 4) is 22.8 Å². The molecule has 1 aromatic heterocycles. The number of benzene rings is 1. The van der Waals surface area contributed by atoms with E-state index in [0.717, 1.165) is 28.3 Å². The summed E-state index contributed by atoms with van der Waals surface area (Å²) in [7, 11) is 1.65. The summed E-state index contributed by atoms with van der Waals surface area (Å²) in [6.45, 7) is 1.54. The molecule has 0 saturated carbocycles. The van der Waals surface area contributed by atoms with E-state index in [1.807, 2.05) is 12.1 Å². The van der Waals surface area contributed by atoms with Crippen molar-refractivity contribution in [3.05, 3.63) is 23.8 Å². The highest BCUT2D eigenvalue weighted by atomic mass is 16.6. The van der Waals surface area contributed by atoms with Crippen molar-refractivity contribution in [2.24, 2.45) is 0 Å². The van der Waals surface area contributed by atoms with Crippen LogP contribution in [0, 0.1) is 0 Å². The first-order valence-corrected chi connectivity index (χ1v) is 6.01. The summed E-state index contributed by atoms with van der Waals surface area (Å²) in [6.07, 6.45) is 0. The van der Waals surface area contributed by atoms with E-state index in [0.29, 0.717) is 25.6 Å². The van der Waals surface area contributed by atoms with Crippen LogP contribution in [-0.4, -0.2) is 30.5 Å². The zero-order valence-electron chi connectivity index (χ0n) is 10.6. The lowest BCUT2D eigenvalue weighted by molar-refractivity contribution is 0.153.